The third-order valence-corrected chi connectivity index (χ3v) is 25.0. The minimum absolute atomic E-state index is 1.15. The Balaban J connectivity index is 0.000000146. The molecule has 580 valence electrons. The van der Waals surface area contributed by atoms with E-state index in [4.69, 9.17) is 0 Å². The first-order valence-electron chi connectivity index (χ1n) is 42.7. The molecule has 0 saturated heterocycles. The van der Waals surface area contributed by atoms with Crippen LogP contribution in [0.25, 0.3) is 221 Å². The van der Waals surface area contributed by atoms with E-state index in [1.165, 1.54) is 198 Å². The quantitative estimate of drug-likeness (QED) is 0.103. The minimum Gasteiger partial charge on any atom is -0.309 e. The maximum absolute atomic E-state index is 2.40. The number of hydrogen-bond donors (Lipinski definition) is 0. The lowest BCUT2D eigenvalue weighted by molar-refractivity contribution is 1.18. The Morgan fingerprint density at radius 1 is 0.0887 bits per heavy atom. The zero-order chi connectivity index (χ0) is 82.0. The second-order valence-electron chi connectivity index (χ2n) is 32.3. The van der Waals surface area contributed by atoms with Crippen molar-refractivity contribution in [2.45, 2.75) is 0 Å². The zero-order valence-corrected chi connectivity index (χ0v) is 68.0. The molecule has 0 amide bonds. The molecule has 24 aromatic rings. The van der Waals surface area contributed by atoms with Crippen LogP contribution >= 0.6 is 0 Å². The molecule has 24 rings (SSSR count). The topological polar surface area (TPSA) is 19.7 Å². The van der Waals surface area contributed by atoms with E-state index < -0.39 is 0 Å². The van der Waals surface area contributed by atoms with Gasteiger partial charge in [0.15, 0.2) is 0 Å². The van der Waals surface area contributed by atoms with E-state index >= 15 is 0 Å². The zero-order valence-electron chi connectivity index (χ0n) is 68.0. The molecule has 0 fully saturated rings. The number of para-hydroxylation sites is 4. The van der Waals surface area contributed by atoms with Crippen molar-refractivity contribution in [3.8, 4) is 134 Å². The highest BCUT2D eigenvalue weighted by Crippen LogP contribution is 2.45. The Labute approximate surface area is 719 Å². The molecule has 0 aliphatic carbocycles. The summed E-state index contributed by atoms with van der Waals surface area (Å²) in [5.41, 5.74) is 38.4. The molecule has 4 aromatic heterocycles. The van der Waals surface area contributed by atoms with E-state index in [-0.39, 0.29) is 0 Å². The summed E-state index contributed by atoms with van der Waals surface area (Å²) in [5.74, 6) is 0. The van der Waals surface area contributed by atoms with Crippen LogP contribution in [0, 0.1) is 0 Å². The van der Waals surface area contributed by atoms with Gasteiger partial charge in [-0.2, -0.15) is 0 Å². The molecule has 0 aliphatic rings. The summed E-state index contributed by atoms with van der Waals surface area (Å²) in [6.45, 7) is 0. The summed E-state index contributed by atoms with van der Waals surface area (Å²) in [6, 6.07) is 177. The van der Waals surface area contributed by atoms with Gasteiger partial charge in [-0.15, -0.1) is 0 Å². The van der Waals surface area contributed by atoms with Gasteiger partial charge in [-0.1, -0.05) is 340 Å². The van der Waals surface area contributed by atoms with E-state index in [2.05, 4.69) is 504 Å². The normalized spacial score (nSPS) is 11.5. The molecule has 4 nitrogen and oxygen atoms in total. The number of nitrogens with zero attached hydrogens (tertiary/aromatic N) is 4. The second kappa shape index (κ2) is 31.1. The molecule has 0 atom stereocenters. The lowest BCUT2D eigenvalue weighted by Crippen LogP contribution is -1.93. The third kappa shape index (κ3) is 13.2. The van der Waals surface area contributed by atoms with Crippen LogP contribution in [0.5, 0.6) is 0 Å². The molecule has 0 spiro atoms. The van der Waals surface area contributed by atoms with Gasteiger partial charge in [0.25, 0.3) is 0 Å². The van der Waals surface area contributed by atoms with Crippen LogP contribution in [-0.4, -0.2) is 18.3 Å². The molecule has 0 saturated carbocycles. The second-order valence-corrected chi connectivity index (χ2v) is 32.3. The lowest BCUT2D eigenvalue weighted by atomic mass is 9.96. The van der Waals surface area contributed by atoms with E-state index in [1.807, 2.05) is 0 Å². The van der Waals surface area contributed by atoms with Gasteiger partial charge in [0.2, 0.25) is 0 Å². The Bertz CT molecular complexity index is 7650. The third-order valence-electron chi connectivity index (χ3n) is 25.0. The fraction of sp³-hybridized carbons (Fsp3) is 0. The molecule has 124 heavy (non-hydrogen) atoms. The highest BCUT2D eigenvalue weighted by molar-refractivity contribution is 6.16. The summed E-state index contributed by atoms with van der Waals surface area (Å²) in [5, 5.41) is 9.94. The smallest absolute Gasteiger partial charge is 0.0547 e. The van der Waals surface area contributed by atoms with Gasteiger partial charge >= 0.3 is 0 Å². The minimum atomic E-state index is 1.15. The van der Waals surface area contributed by atoms with Crippen molar-refractivity contribution in [3.05, 3.63) is 485 Å². The highest BCUT2D eigenvalue weighted by atomic mass is 15.0. The van der Waals surface area contributed by atoms with Crippen molar-refractivity contribution in [1.82, 2.24) is 18.3 Å². The van der Waals surface area contributed by atoms with Crippen molar-refractivity contribution >= 4 is 87.2 Å². The number of fused-ring (bicyclic) bond motifs is 12. The first kappa shape index (κ1) is 72.8. The van der Waals surface area contributed by atoms with Gasteiger partial charge in [-0.25, -0.2) is 0 Å². The standard InChI is InChI=1S/C66H44N2.C54H36N2/c1-5-15-45(16-6-1)49-19-13-21-51(39-49)55-33-37-65-61(43-55)59-41-53(31-35-63(59)67(65)57-23-9-3-10-24-57)47-27-29-48(30-28-47)54-32-36-64-60(42-54)62-44-56(34-38-66(62)68(64)58-25-11-4-12-26-58)52-22-14-20-50(40-52)46-17-7-2-8-18-46;1-5-13-37(14-6-1)43-25-29-47-49-33-41(27-31-51(49)55(53(47)35-43)45-17-9-3-10-18-45)39-21-23-40(24-22-39)42-28-32-52-50(34-42)48-30-26-44(38-15-7-2-8-16-38)36-54(48)56(52)46-19-11-4-12-20-46/h1-44H;1-36H. The fourth-order valence-electron chi connectivity index (χ4n) is 18.9. The van der Waals surface area contributed by atoms with E-state index in [9.17, 15) is 0 Å². The van der Waals surface area contributed by atoms with E-state index in [1.54, 1.807) is 0 Å². The summed E-state index contributed by atoms with van der Waals surface area (Å²) in [7, 11) is 0. The molecule has 0 bridgehead atoms. The van der Waals surface area contributed by atoms with Gasteiger partial charge in [-0.3, -0.25) is 0 Å². The van der Waals surface area contributed by atoms with Crippen molar-refractivity contribution in [1.29, 1.82) is 0 Å². The summed E-state index contributed by atoms with van der Waals surface area (Å²) < 4.78 is 9.60. The van der Waals surface area contributed by atoms with Crippen molar-refractivity contribution in [3.63, 3.8) is 0 Å². The molecule has 0 aliphatic heterocycles. The first-order chi connectivity index (χ1) is 61.5. The highest BCUT2D eigenvalue weighted by Gasteiger charge is 2.22. The monoisotopic (exact) mass is 1580 g/mol. The SMILES string of the molecule is c1ccc(-c2ccc3c4cc(-c5ccc(-c6ccc7c(c6)c6ccc(-c8ccccc8)cc6n7-c6ccccc6)cc5)ccc4n(-c4ccccc4)c3c2)cc1.c1ccc(-c2cccc(-c3ccc4c(c3)c3cc(-c5ccc(-c6ccc7c(c6)c6cc(-c8cccc(-c9ccccc9)c8)ccc6n7-c6ccccc6)cc5)ccc3n4-c3ccccc3)c2)cc1. The van der Waals surface area contributed by atoms with Gasteiger partial charge in [0.1, 0.15) is 0 Å². The van der Waals surface area contributed by atoms with Crippen LogP contribution in [-0.2, 0) is 0 Å². The Morgan fingerprint density at radius 3 is 0.484 bits per heavy atom. The van der Waals surface area contributed by atoms with Crippen molar-refractivity contribution in [2.75, 3.05) is 0 Å². The number of benzene rings is 20. The predicted octanol–water partition coefficient (Wildman–Crippen LogP) is 32.4. The van der Waals surface area contributed by atoms with Crippen LogP contribution in [0.3, 0.4) is 0 Å². The van der Waals surface area contributed by atoms with E-state index in [0.29, 0.717) is 0 Å². The van der Waals surface area contributed by atoms with Crippen LogP contribution in [0.1, 0.15) is 0 Å². The number of hydrogen-bond acceptors (Lipinski definition) is 0. The molecule has 4 heteroatoms. The molecular formula is C120H80N4. The van der Waals surface area contributed by atoms with Gasteiger partial charge in [0.05, 0.1) is 44.1 Å². The molecular weight excluding hydrogens is 1500 g/mol. The van der Waals surface area contributed by atoms with Gasteiger partial charge in [-0.05, 0) is 257 Å². The van der Waals surface area contributed by atoms with Crippen LogP contribution < -0.4 is 0 Å². The lowest BCUT2D eigenvalue weighted by Gasteiger charge is -2.10. The maximum atomic E-state index is 2.40. The maximum Gasteiger partial charge on any atom is 0.0547 e. The van der Waals surface area contributed by atoms with Gasteiger partial charge < -0.3 is 18.3 Å². The molecule has 0 radical (unpaired) electrons. The average Bonchev–Trinajstić information content (AvgIpc) is 1.60. The molecule has 0 unspecified atom stereocenters. The Hall–Kier alpha value is -16.4. The Kier molecular flexibility index (Phi) is 18.2. The summed E-state index contributed by atoms with van der Waals surface area (Å²) in [4.78, 5) is 0. The fourth-order valence-corrected chi connectivity index (χ4v) is 18.9. The van der Waals surface area contributed by atoms with Gasteiger partial charge in [0, 0.05) is 65.8 Å². The first-order valence-corrected chi connectivity index (χ1v) is 42.7. The number of rotatable bonds is 14. The molecule has 20 aromatic carbocycles. The van der Waals surface area contributed by atoms with Crippen LogP contribution in [0.4, 0.5) is 0 Å². The van der Waals surface area contributed by atoms with Crippen LogP contribution in [0.15, 0.2) is 485 Å². The molecule has 4 heterocycles. The molecule has 0 N–H and O–H groups in total. The van der Waals surface area contributed by atoms with Crippen molar-refractivity contribution in [2.24, 2.45) is 0 Å². The largest absolute Gasteiger partial charge is 0.309 e. The number of aromatic nitrogens is 4. The Morgan fingerprint density at radius 2 is 0.242 bits per heavy atom. The summed E-state index contributed by atoms with van der Waals surface area (Å²) >= 11 is 0. The van der Waals surface area contributed by atoms with Crippen molar-refractivity contribution < 1.29 is 0 Å². The van der Waals surface area contributed by atoms with Crippen LogP contribution in [0.2, 0.25) is 0 Å². The predicted molar refractivity (Wildman–Crippen MR) is 525 cm³/mol. The average molecular weight is 1580 g/mol. The van der Waals surface area contributed by atoms with E-state index in [0.717, 1.165) is 22.7 Å². The summed E-state index contributed by atoms with van der Waals surface area (Å²) in [6.07, 6.45) is 0.